The molecule has 0 saturated heterocycles. The van der Waals surface area contributed by atoms with Gasteiger partial charge in [0.2, 0.25) is 0 Å². The van der Waals surface area contributed by atoms with Crippen LogP contribution in [0.25, 0.3) is 0 Å². The van der Waals surface area contributed by atoms with Gasteiger partial charge in [-0.05, 0) is 0 Å². The number of aliphatic hydroxyl groups is 7. The zero-order chi connectivity index (χ0) is 11.7. The summed E-state index contributed by atoms with van der Waals surface area (Å²) in [7, 11) is 1.00. The molecule has 7 nitrogen and oxygen atoms in total. The van der Waals surface area contributed by atoms with E-state index in [4.69, 9.17) is 35.7 Å². The van der Waals surface area contributed by atoms with E-state index in [1.807, 2.05) is 0 Å². The summed E-state index contributed by atoms with van der Waals surface area (Å²) in [5.41, 5.74) is 0. The Hall–Kier alpha value is -0.280. The van der Waals surface area contributed by atoms with Crippen LogP contribution in [0.5, 0.6) is 0 Å². The molecule has 4 atom stereocenters. The zero-order valence-corrected chi connectivity index (χ0v) is 7.85. The summed E-state index contributed by atoms with van der Waals surface area (Å²) in [6.45, 7) is -1.45. The van der Waals surface area contributed by atoms with Crippen LogP contribution in [-0.2, 0) is 0 Å². The highest BCUT2D eigenvalue weighted by atomic mass is 16.4. The van der Waals surface area contributed by atoms with Crippen molar-refractivity contribution < 1.29 is 35.7 Å². The minimum absolute atomic E-state index is 0.726. The number of aliphatic hydroxyl groups excluding tert-OH is 7. The maximum absolute atomic E-state index is 8.96. The molecule has 4 unspecified atom stereocenters. The van der Waals surface area contributed by atoms with Gasteiger partial charge in [0.15, 0.2) is 0 Å². The van der Waals surface area contributed by atoms with E-state index >= 15 is 0 Å². The Morgan fingerprint density at radius 3 is 1.07 bits per heavy atom. The van der Waals surface area contributed by atoms with Crippen molar-refractivity contribution >= 4 is 0 Å². The first-order chi connectivity index (χ1) is 6.54. The SMILES string of the molecule is CO.OCC(O)C(O)C(O)C(O)CO. The third kappa shape index (κ3) is 5.45. The summed E-state index contributed by atoms with van der Waals surface area (Å²) in [5.74, 6) is 0. The first-order valence-corrected chi connectivity index (χ1v) is 3.93. The maximum atomic E-state index is 8.96. The Kier molecular flexibility index (Phi) is 10.7. The van der Waals surface area contributed by atoms with Gasteiger partial charge in [-0.15, -0.1) is 0 Å². The Labute approximate surface area is 81.5 Å². The van der Waals surface area contributed by atoms with Crippen molar-refractivity contribution in [3.63, 3.8) is 0 Å². The van der Waals surface area contributed by atoms with E-state index in [0.717, 1.165) is 7.11 Å². The van der Waals surface area contributed by atoms with E-state index in [9.17, 15) is 0 Å². The molecule has 0 fully saturated rings. The Bertz CT molecular complexity index is 107. The molecule has 0 radical (unpaired) electrons. The Balaban J connectivity index is 0. The second-order valence-electron chi connectivity index (χ2n) is 2.48. The van der Waals surface area contributed by atoms with Gasteiger partial charge in [0.25, 0.3) is 0 Å². The molecule has 0 aliphatic heterocycles. The third-order valence-electron chi connectivity index (χ3n) is 1.51. The van der Waals surface area contributed by atoms with Crippen LogP contribution in [0.1, 0.15) is 0 Å². The summed E-state index contributed by atoms with van der Waals surface area (Å²) >= 11 is 0. The lowest BCUT2D eigenvalue weighted by Crippen LogP contribution is -2.46. The highest BCUT2D eigenvalue weighted by Crippen LogP contribution is 2.03. The second kappa shape index (κ2) is 9.28. The van der Waals surface area contributed by atoms with Gasteiger partial charge in [0.05, 0.1) is 13.2 Å². The Morgan fingerprint density at radius 1 is 0.714 bits per heavy atom. The fraction of sp³-hybridized carbons (Fsp3) is 1.00. The summed E-state index contributed by atoms with van der Waals surface area (Å²) in [6.07, 6.45) is -6.39. The van der Waals surface area contributed by atoms with Crippen molar-refractivity contribution in [1.82, 2.24) is 0 Å². The zero-order valence-electron chi connectivity index (χ0n) is 7.85. The minimum Gasteiger partial charge on any atom is -0.400 e. The average Bonchev–Trinajstić information content (AvgIpc) is 2.27. The molecule has 0 bridgehead atoms. The summed E-state index contributed by atoms with van der Waals surface area (Å²) in [4.78, 5) is 0. The van der Waals surface area contributed by atoms with Gasteiger partial charge in [-0.25, -0.2) is 0 Å². The van der Waals surface area contributed by atoms with Crippen LogP contribution >= 0.6 is 0 Å². The molecular formula is C7H18O7. The third-order valence-corrected chi connectivity index (χ3v) is 1.51. The molecule has 0 aliphatic rings. The van der Waals surface area contributed by atoms with Crippen LogP contribution in [0.15, 0.2) is 0 Å². The maximum Gasteiger partial charge on any atom is 0.111 e. The van der Waals surface area contributed by atoms with Crippen molar-refractivity contribution in [2.75, 3.05) is 20.3 Å². The molecule has 0 spiro atoms. The monoisotopic (exact) mass is 214 g/mol. The van der Waals surface area contributed by atoms with Gasteiger partial charge in [-0.3, -0.25) is 0 Å². The topological polar surface area (TPSA) is 142 Å². The van der Waals surface area contributed by atoms with Gasteiger partial charge in [-0.2, -0.15) is 0 Å². The molecule has 0 saturated carbocycles. The van der Waals surface area contributed by atoms with Gasteiger partial charge in [0, 0.05) is 7.11 Å². The van der Waals surface area contributed by atoms with Crippen LogP contribution < -0.4 is 0 Å². The number of hydrogen-bond acceptors (Lipinski definition) is 7. The summed E-state index contributed by atoms with van der Waals surface area (Å²) in [5, 5.41) is 59.2. The van der Waals surface area contributed by atoms with E-state index in [1.165, 1.54) is 0 Å². The van der Waals surface area contributed by atoms with Crippen LogP contribution in [-0.4, -0.2) is 80.5 Å². The van der Waals surface area contributed by atoms with Crippen molar-refractivity contribution in [2.24, 2.45) is 0 Å². The molecular weight excluding hydrogens is 196 g/mol. The molecule has 7 N–H and O–H groups in total. The highest BCUT2D eigenvalue weighted by Gasteiger charge is 2.29. The van der Waals surface area contributed by atoms with E-state index < -0.39 is 37.6 Å². The quantitative estimate of drug-likeness (QED) is 0.247. The smallest absolute Gasteiger partial charge is 0.111 e. The lowest BCUT2D eigenvalue weighted by atomic mass is 10.0. The molecule has 0 aromatic rings. The van der Waals surface area contributed by atoms with Crippen LogP contribution in [0, 0.1) is 0 Å². The standard InChI is InChI=1S/C6H14O6.CH4O/c7-1-3(9)5(11)6(12)4(10)2-8;1-2/h3-12H,1-2H2;2H,1H3. The van der Waals surface area contributed by atoms with Crippen LogP contribution in [0.2, 0.25) is 0 Å². The fourth-order valence-corrected chi connectivity index (χ4v) is 0.671. The van der Waals surface area contributed by atoms with E-state index in [2.05, 4.69) is 0 Å². The average molecular weight is 214 g/mol. The number of hydrogen-bond donors (Lipinski definition) is 7. The van der Waals surface area contributed by atoms with Gasteiger partial charge in [0.1, 0.15) is 24.4 Å². The van der Waals surface area contributed by atoms with Crippen LogP contribution in [0.4, 0.5) is 0 Å². The molecule has 0 heterocycles. The first kappa shape index (κ1) is 16.2. The predicted molar refractivity (Wildman–Crippen MR) is 46.3 cm³/mol. The molecule has 88 valence electrons. The van der Waals surface area contributed by atoms with Gasteiger partial charge < -0.3 is 35.7 Å². The lowest BCUT2D eigenvalue weighted by Gasteiger charge is -2.24. The first-order valence-electron chi connectivity index (χ1n) is 3.93. The summed E-state index contributed by atoms with van der Waals surface area (Å²) in [6, 6.07) is 0. The van der Waals surface area contributed by atoms with Gasteiger partial charge in [-0.1, -0.05) is 0 Å². The van der Waals surface area contributed by atoms with Gasteiger partial charge >= 0.3 is 0 Å². The van der Waals surface area contributed by atoms with Crippen molar-refractivity contribution in [3.8, 4) is 0 Å². The lowest BCUT2D eigenvalue weighted by molar-refractivity contribution is -0.123. The predicted octanol–water partition coefficient (Wildman–Crippen LogP) is -3.98. The van der Waals surface area contributed by atoms with E-state index in [-0.39, 0.29) is 0 Å². The molecule has 0 aliphatic carbocycles. The fourth-order valence-electron chi connectivity index (χ4n) is 0.671. The summed E-state index contributed by atoms with van der Waals surface area (Å²) < 4.78 is 0. The molecule has 14 heavy (non-hydrogen) atoms. The largest absolute Gasteiger partial charge is 0.400 e. The molecule has 0 rings (SSSR count). The van der Waals surface area contributed by atoms with E-state index in [0.29, 0.717) is 0 Å². The molecule has 7 heteroatoms. The van der Waals surface area contributed by atoms with Crippen molar-refractivity contribution in [3.05, 3.63) is 0 Å². The molecule has 0 aromatic heterocycles. The minimum atomic E-state index is -1.67. The van der Waals surface area contributed by atoms with Crippen LogP contribution in [0.3, 0.4) is 0 Å². The Morgan fingerprint density at radius 2 is 0.929 bits per heavy atom. The molecule has 0 amide bonds. The normalized spacial score (nSPS) is 18.9. The van der Waals surface area contributed by atoms with Crippen molar-refractivity contribution in [1.29, 1.82) is 0 Å². The number of rotatable bonds is 5. The van der Waals surface area contributed by atoms with Crippen molar-refractivity contribution in [2.45, 2.75) is 24.4 Å². The second-order valence-corrected chi connectivity index (χ2v) is 2.48. The van der Waals surface area contributed by atoms with E-state index in [1.54, 1.807) is 0 Å². The molecule has 0 aromatic carbocycles. The highest BCUT2D eigenvalue weighted by molar-refractivity contribution is 4.79.